The summed E-state index contributed by atoms with van der Waals surface area (Å²) in [5.74, 6) is 0.251. The van der Waals surface area contributed by atoms with E-state index in [9.17, 15) is 4.39 Å². The molecule has 21 heavy (non-hydrogen) atoms. The molecule has 0 aliphatic carbocycles. The Balaban J connectivity index is 2.25. The zero-order valence-electron chi connectivity index (χ0n) is 12.5. The van der Waals surface area contributed by atoms with Crippen molar-refractivity contribution < 1.29 is 4.39 Å². The predicted molar refractivity (Wildman–Crippen MR) is 83.1 cm³/mol. The normalized spacial score (nSPS) is 12.4. The van der Waals surface area contributed by atoms with E-state index < -0.39 is 0 Å². The van der Waals surface area contributed by atoms with E-state index in [1.54, 1.807) is 18.3 Å². The maximum atomic E-state index is 13.8. The van der Waals surface area contributed by atoms with Gasteiger partial charge in [0.05, 0.1) is 0 Å². The monoisotopic (exact) mass is 307 g/mol. The molecule has 3 nitrogen and oxygen atoms in total. The van der Waals surface area contributed by atoms with E-state index in [1.165, 1.54) is 6.07 Å². The van der Waals surface area contributed by atoms with Gasteiger partial charge in [-0.15, -0.1) is 0 Å². The van der Waals surface area contributed by atoms with Crippen LogP contribution in [-0.4, -0.2) is 16.5 Å². The van der Waals surface area contributed by atoms with Crippen molar-refractivity contribution in [3.8, 4) is 0 Å². The molecule has 5 heteroatoms. The molecule has 0 aliphatic rings. The molecule has 2 rings (SSSR count). The van der Waals surface area contributed by atoms with Gasteiger partial charge in [0.15, 0.2) is 0 Å². The summed E-state index contributed by atoms with van der Waals surface area (Å²) in [6.07, 6.45) is 2.10. The van der Waals surface area contributed by atoms with Crippen LogP contribution in [0.3, 0.4) is 0 Å². The molecule has 112 valence electrons. The van der Waals surface area contributed by atoms with Crippen LogP contribution in [0.15, 0.2) is 24.4 Å². The molecular weight excluding hydrogens is 289 g/mol. The molecule has 0 fully saturated rings. The Morgan fingerprint density at radius 2 is 2.14 bits per heavy atom. The number of hydrogen-bond acceptors (Lipinski definition) is 3. The Labute approximate surface area is 129 Å². The summed E-state index contributed by atoms with van der Waals surface area (Å²) in [6.45, 7) is 6.95. The van der Waals surface area contributed by atoms with Gasteiger partial charge in [-0.2, -0.15) is 0 Å². The van der Waals surface area contributed by atoms with Crippen molar-refractivity contribution in [1.29, 1.82) is 0 Å². The number of nitrogens with zero attached hydrogens (tertiary/aromatic N) is 2. The lowest BCUT2D eigenvalue weighted by Gasteiger charge is -2.15. The number of benzene rings is 1. The molecule has 0 aliphatic heterocycles. The molecule has 1 aromatic carbocycles. The highest BCUT2D eigenvalue weighted by atomic mass is 35.5. The number of rotatable bonds is 5. The molecule has 0 radical (unpaired) electrons. The fourth-order valence-corrected chi connectivity index (χ4v) is 2.54. The van der Waals surface area contributed by atoms with Crippen molar-refractivity contribution in [3.63, 3.8) is 0 Å². The quantitative estimate of drug-likeness (QED) is 0.912. The van der Waals surface area contributed by atoms with E-state index in [0.29, 0.717) is 22.8 Å². The van der Waals surface area contributed by atoms with Crippen LogP contribution >= 0.6 is 11.6 Å². The molecule has 0 amide bonds. The number of aromatic nitrogens is 2. The molecule has 0 saturated heterocycles. The zero-order valence-corrected chi connectivity index (χ0v) is 13.2. The predicted octanol–water partition coefficient (Wildman–Crippen LogP) is 3.84. The average molecular weight is 308 g/mol. The Bertz CT molecular complexity index is 611. The first-order valence-electron chi connectivity index (χ1n) is 7.01. The summed E-state index contributed by atoms with van der Waals surface area (Å²) in [7, 11) is 0. The van der Waals surface area contributed by atoms with Gasteiger partial charge in [0.1, 0.15) is 11.6 Å². The smallest absolute Gasteiger partial charge is 0.133 e. The van der Waals surface area contributed by atoms with Crippen LogP contribution in [0.25, 0.3) is 0 Å². The average Bonchev–Trinajstić information content (AvgIpc) is 2.43. The summed E-state index contributed by atoms with van der Waals surface area (Å²) in [6, 6.07) is 4.86. The highest BCUT2D eigenvalue weighted by Crippen LogP contribution is 2.22. The first-order valence-corrected chi connectivity index (χ1v) is 7.39. The molecule has 1 heterocycles. The second-order valence-electron chi connectivity index (χ2n) is 4.98. The molecule has 1 aromatic heterocycles. The van der Waals surface area contributed by atoms with Gasteiger partial charge in [-0.1, -0.05) is 24.6 Å². The summed E-state index contributed by atoms with van der Waals surface area (Å²) < 4.78 is 13.8. The summed E-state index contributed by atoms with van der Waals surface area (Å²) >= 11 is 6.04. The van der Waals surface area contributed by atoms with Gasteiger partial charge in [-0.25, -0.2) is 14.4 Å². The second-order valence-corrected chi connectivity index (χ2v) is 5.39. The third-order valence-corrected chi connectivity index (χ3v) is 3.79. The molecule has 0 bridgehead atoms. The molecule has 0 saturated carbocycles. The van der Waals surface area contributed by atoms with Crippen LogP contribution in [-0.2, 0) is 6.42 Å². The Kier molecular flexibility index (Phi) is 5.26. The number of aryl methyl sites for hydroxylation is 1. The van der Waals surface area contributed by atoms with E-state index in [0.717, 1.165) is 17.8 Å². The van der Waals surface area contributed by atoms with Gasteiger partial charge in [0.25, 0.3) is 0 Å². The molecule has 2 aromatic rings. The van der Waals surface area contributed by atoms with Gasteiger partial charge in [-0.3, -0.25) is 0 Å². The highest BCUT2D eigenvalue weighted by Gasteiger charge is 2.13. The Hall–Kier alpha value is -1.52. The Morgan fingerprint density at radius 1 is 1.38 bits per heavy atom. The molecule has 1 N–H and O–H groups in total. The fraction of sp³-hybridized carbons (Fsp3) is 0.375. The summed E-state index contributed by atoms with van der Waals surface area (Å²) in [5.41, 5.74) is 2.40. The van der Waals surface area contributed by atoms with Gasteiger partial charge >= 0.3 is 0 Å². The topological polar surface area (TPSA) is 37.8 Å². The molecule has 0 spiro atoms. The zero-order chi connectivity index (χ0) is 15.4. The minimum Gasteiger partial charge on any atom is -0.310 e. The van der Waals surface area contributed by atoms with Gasteiger partial charge in [0.2, 0.25) is 0 Å². The van der Waals surface area contributed by atoms with Crippen LogP contribution < -0.4 is 5.32 Å². The highest BCUT2D eigenvalue weighted by molar-refractivity contribution is 6.31. The maximum absolute atomic E-state index is 13.8. The maximum Gasteiger partial charge on any atom is 0.133 e. The number of halogens is 2. The second kappa shape index (κ2) is 6.96. The minimum absolute atomic E-state index is 0.195. The lowest BCUT2D eigenvalue weighted by Crippen LogP contribution is -2.19. The third kappa shape index (κ3) is 3.77. The van der Waals surface area contributed by atoms with Crippen molar-refractivity contribution in [1.82, 2.24) is 15.3 Å². The lowest BCUT2D eigenvalue weighted by molar-refractivity contribution is 0.587. The van der Waals surface area contributed by atoms with Gasteiger partial charge in [0, 0.05) is 40.5 Å². The number of hydrogen-bond donors (Lipinski definition) is 1. The van der Waals surface area contributed by atoms with Crippen LogP contribution in [0.5, 0.6) is 0 Å². The van der Waals surface area contributed by atoms with Crippen molar-refractivity contribution >= 4 is 11.6 Å². The van der Waals surface area contributed by atoms with Gasteiger partial charge in [-0.05, 0) is 32.5 Å². The van der Waals surface area contributed by atoms with E-state index in [-0.39, 0.29) is 11.9 Å². The molecule has 1 atom stereocenters. The molecular formula is C16H19ClFN3. The summed E-state index contributed by atoms with van der Waals surface area (Å²) in [4.78, 5) is 8.82. The van der Waals surface area contributed by atoms with Crippen LogP contribution in [0.2, 0.25) is 5.02 Å². The van der Waals surface area contributed by atoms with E-state index >= 15 is 0 Å². The summed E-state index contributed by atoms with van der Waals surface area (Å²) in [5, 5.41) is 3.73. The lowest BCUT2D eigenvalue weighted by atomic mass is 10.1. The van der Waals surface area contributed by atoms with Crippen LogP contribution in [0, 0.1) is 12.7 Å². The van der Waals surface area contributed by atoms with E-state index in [4.69, 9.17) is 11.6 Å². The third-order valence-electron chi connectivity index (χ3n) is 3.44. The minimum atomic E-state index is -0.325. The van der Waals surface area contributed by atoms with Crippen LogP contribution in [0.4, 0.5) is 4.39 Å². The Morgan fingerprint density at radius 3 is 2.76 bits per heavy atom. The van der Waals surface area contributed by atoms with Gasteiger partial charge < -0.3 is 5.32 Å². The first-order chi connectivity index (χ1) is 10.0. The van der Waals surface area contributed by atoms with Crippen molar-refractivity contribution in [3.05, 3.63) is 57.9 Å². The first kappa shape index (κ1) is 15.9. The standard InChI is InChI=1S/C16H19ClFN3/c1-4-19-10(2)13-9-20-16(21-11(13)3)8-12-14(17)6-5-7-15(12)18/h5-7,9-10,19H,4,8H2,1-3H3. The fourth-order valence-electron chi connectivity index (χ4n) is 2.31. The SMILES string of the molecule is CCNC(C)c1cnc(Cc2c(F)cccc2Cl)nc1C. The van der Waals surface area contributed by atoms with E-state index in [1.807, 2.05) is 6.92 Å². The number of nitrogens with one attached hydrogen (secondary N) is 1. The van der Waals surface area contributed by atoms with E-state index in [2.05, 4.69) is 29.1 Å². The van der Waals surface area contributed by atoms with Crippen molar-refractivity contribution in [2.24, 2.45) is 0 Å². The van der Waals surface area contributed by atoms with Crippen LogP contribution in [0.1, 0.15) is 42.5 Å². The van der Waals surface area contributed by atoms with Crippen molar-refractivity contribution in [2.45, 2.75) is 33.2 Å². The molecule has 1 unspecified atom stereocenters. The largest absolute Gasteiger partial charge is 0.310 e. The van der Waals surface area contributed by atoms with Crippen molar-refractivity contribution in [2.75, 3.05) is 6.54 Å².